The molecule has 0 atom stereocenters. The van der Waals surface area contributed by atoms with Gasteiger partial charge in [-0.2, -0.15) is 0 Å². The van der Waals surface area contributed by atoms with Gasteiger partial charge in [0.05, 0.1) is 4.92 Å². The number of thiophene rings is 1. The molecule has 0 spiro atoms. The quantitative estimate of drug-likeness (QED) is 0.588. The highest BCUT2D eigenvalue weighted by atomic mass is 32.1. The molecular weight excluding hydrogens is 190 g/mol. The molecule has 0 aliphatic carbocycles. The molecule has 0 aliphatic heterocycles. The van der Waals surface area contributed by atoms with Crippen molar-refractivity contribution in [1.29, 1.82) is 0 Å². The molecule has 1 aromatic heterocycles. The van der Waals surface area contributed by atoms with Crippen molar-refractivity contribution >= 4 is 16.3 Å². The van der Waals surface area contributed by atoms with Crippen molar-refractivity contribution in [2.45, 2.75) is 6.54 Å². The molecule has 0 saturated carbocycles. The van der Waals surface area contributed by atoms with E-state index < -0.39 is 0 Å². The highest BCUT2D eigenvalue weighted by molar-refractivity contribution is 7.13. The molecule has 0 aliphatic rings. The summed E-state index contributed by atoms with van der Waals surface area (Å²) in [6, 6.07) is 1.58. The number of hydrogen-bond donors (Lipinski definition) is 1. The van der Waals surface area contributed by atoms with Gasteiger partial charge in [-0.3, -0.25) is 20.5 Å². The number of hydrogen-bond acceptors (Lipinski definition) is 5. The Morgan fingerprint density at radius 2 is 2.38 bits per heavy atom. The summed E-state index contributed by atoms with van der Waals surface area (Å²) in [5.74, 6) is 0. The molecule has 1 rings (SSSR count). The molecule has 1 N–H and O–H groups in total. The zero-order chi connectivity index (χ0) is 9.84. The van der Waals surface area contributed by atoms with E-state index in [0.717, 1.165) is 16.9 Å². The van der Waals surface area contributed by atoms with Crippen molar-refractivity contribution in [1.82, 2.24) is 10.4 Å². The Labute approximate surface area is 80.1 Å². The Bertz CT molecular complexity index is 298. The van der Waals surface area contributed by atoms with Gasteiger partial charge in [0, 0.05) is 32.1 Å². The van der Waals surface area contributed by atoms with Gasteiger partial charge >= 0.3 is 5.00 Å². The fourth-order valence-corrected chi connectivity index (χ4v) is 1.53. The lowest BCUT2D eigenvalue weighted by molar-refractivity contribution is -0.380. The van der Waals surface area contributed by atoms with Gasteiger partial charge in [0.15, 0.2) is 0 Å². The maximum Gasteiger partial charge on any atom is 0.324 e. The SMILES string of the molecule is CN(C)NCc1csc([N+](=O)[O-])c1. The van der Waals surface area contributed by atoms with Gasteiger partial charge in [-0.25, -0.2) is 0 Å². The van der Waals surface area contributed by atoms with E-state index >= 15 is 0 Å². The van der Waals surface area contributed by atoms with Gasteiger partial charge in [0.25, 0.3) is 0 Å². The minimum absolute atomic E-state index is 0.190. The number of hydrazine groups is 1. The predicted molar refractivity (Wildman–Crippen MR) is 51.5 cm³/mol. The summed E-state index contributed by atoms with van der Waals surface area (Å²) in [6.45, 7) is 0.622. The van der Waals surface area contributed by atoms with Crippen LogP contribution in [0.4, 0.5) is 5.00 Å². The molecule has 0 unspecified atom stereocenters. The minimum atomic E-state index is -0.371. The van der Waals surface area contributed by atoms with E-state index in [1.54, 1.807) is 11.4 Å². The van der Waals surface area contributed by atoms with Crippen molar-refractivity contribution in [3.8, 4) is 0 Å². The van der Waals surface area contributed by atoms with Crippen molar-refractivity contribution in [2.24, 2.45) is 0 Å². The molecule has 0 aromatic carbocycles. The minimum Gasteiger partial charge on any atom is -0.258 e. The summed E-state index contributed by atoms with van der Waals surface area (Å²) in [4.78, 5) is 9.97. The molecule has 6 heteroatoms. The normalized spacial score (nSPS) is 10.7. The van der Waals surface area contributed by atoms with Crippen molar-refractivity contribution in [3.63, 3.8) is 0 Å². The summed E-state index contributed by atoms with van der Waals surface area (Å²) in [5.41, 5.74) is 3.97. The van der Waals surface area contributed by atoms with Gasteiger partial charge < -0.3 is 0 Å². The molecule has 5 nitrogen and oxygen atoms in total. The van der Waals surface area contributed by atoms with Crippen LogP contribution in [0.2, 0.25) is 0 Å². The van der Waals surface area contributed by atoms with Crippen LogP contribution in [0.5, 0.6) is 0 Å². The second-order valence-electron chi connectivity index (χ2n) is 2.78. The van der Waals surface area contributed by atoms with E-state index in [4.69, 9.17) is 0 Å². The molecule has 0 fully saturated rings. The lowest BCUT2D eigenvalue weighted by Crippen LogP contribution is -2.29. The number of rotatable bonds is 4. The summed E-state index contributed by atoms with van der Waals surface area (Å²) < 4.78 is 0. The Kier molecular flexibility index (Phi) is 3.35. The third kappa shape index (κ3) is 3.10. The van der Waals surface area contributed by atoms with Crippen LogP contribution in [-0.4, -0.2) is 24.0 Å². The smallest absolute Gasteiger partial charge is 0.258 e. The first-order chi connectivity index (χ1) is 6.09. The number of nitro groups is 1. The van der Waals surface area contributed by atoms with Crippen molar-refractivity contribution < 1.29 is 4.92 Å². The molecule has 1 aromatic rings. The van der Waals surface area contributed by atoms with E-state index in [-0.39, 0.29) is 9.92 Å². The predicted octanol–water partition coefficient (Wildman–Crippen LogP) is 1.22. The number of nitrogens with one attached hydrogen (secondary N) is 1. The van der Waals surface area contributed by atoms with E-state index in [1.807, 2.05) is 19.1 Å². The Morgan fingerprint density at radius 1 is 1.69 bits per heavy atom. The average Bonchev–Trinajstić information content (AvgIpc) is 2.48. The maximum absolute atomic E-state index is 10.3. The van der Waals surface area contributed by atoms with Gasteiger partial charge in [0.2, 0.25) is 0 Å². The molecule has 13 heavy (non-hydrogen) atoms. The summed E-state index contributed by atoms with van der Waals surface area (Å²) in [7, 11) is 3.75. The summed E-state index contributed by atoms with van der Waals surface area (Å²) >= 11 is 1.15. The van der Waals surface area contributed by atoms with Crippen LogP contribution in [-0.2, 0) is 6.54 Å². The highest BCUT2D eigenvalue weighted by Gasteiger charge is 2.08. The van der Waals surface area contributed by atoms with Crippen LogP contribution in [0.3, 0.4) is 0 Å². The summed E-state index contributed by atoms with van der Waals surface area (Å²) in [5, 5.41) is 14.1. The Balaban J connectivity index is 2.54. The highest BCUT2D eigenvalue weighted by Crippen LogP contribution is 2.22. The first kappa shape index (κ1) is 10.1. The molecule has 72 valence electrons. The lowest BCUT2D eigenvalue weighted by atomic mass is 10.3. The van der Waals surface area contributed by atoms with Crippen LogP contribution in [0.15, 0.2) is 11.4 Å². The monoisotopic (exact) mass is 201 g/mol. The van der Waals surface area contributed by atoms with E-state index in [2.05, 4.69) is 5.43 Å². The van der Waals surface area contributed by atoms with Crippen LogP contribution >= 0.6 is 11.3 Å². The topological polar surface area (TPSA) is 58.4 Å². The van der Waals surface area contributed by atoms with Crippen molar-refractivity contribution in [2.75, 3.05) is 14.1 Å². The average molecular weight is 201 g/mol. The third-order valence-corrected chi connectivity index (χ3v) is 2.35. The Morgan fingerprint density at radius 3 is 2.85 bits per heavy atom. The van der Waals surface area contributed by atoms with E-state index in [1.165, 1.54) is 0 Å². The lowest BCUT2D eigenvalue weighted by Gasteiger charge is -2.09. The first-order valence-corrected chi connectivity index (χ1v) is 4.60. The van der Waals surface area contributed by atoms with Gasteiger partial charge in [-0.1, -0.05) is 11.3 Å². The Hall–Kier alpha value is -0.980. The standard InChI is InChI=1S/C7H11N3O2S/c1-9(2)8-4-6-3-7(10(11)12)13-5-6/h3,5,8H,4H2,1-2H3. The zero-order valence-electron chi connectivity index (χ0n) is 7.48. The fourth-order valence-electron chi connectivity index (χ4n) is 0.801. The van der Waals surface area contributed by atoms with Crippen molar-refractivity contribution in [3.05, 3.63) is 27.1 Å². The van der Waals surface area contributed by atoms with Gasteiger partial charge in [-0.05, 0) is 5.56 Å². The van der Waals surface area contributed by atoms with Gasteiger partial charge in [0.1, 0.15) is 0 Å². The molecular formula is C7H11N3O2S. The fraction of sp³-hybridized carbons (Fsp3) is 0.429. The second kappa shape index (κ2) is 4.31. The third-order valence-electron chi connectivity index (χ3n) is 1.42. The van der Waals surface area contributed by atoms with Gasteiger partial charge in [-0.15, -0.1) is 0 Å². The van der Waals surface area contributed by atoms with Crippen LogP contribution in [0.1, 0.15) is 5.56 Å². The van der Waals surface area contributed by atoms with E-state index in [9.17, 15) is 10.1 Å². The number of nitrogens with zero attached hydrogens (tertiary/aromatic N) is 2. The molecule has 0 radical (unpaired) electrons. The molecule has 0 amide bonds. The molecule has 0 saturated heterocycles. The van der Waals surface area contributed by atoms with Crippen LogP contribution < -0.4 is 5.43 Å². The van der Waals surface area contributed by atoms with Crippen LogP contribution in [0, 0.1) is 10.1 Å². The zero-order valence-corrected chi connectivity index (χ0v) is 8.30. The first-order valence-electron chi connectivity index (χ1n) is 3.72. The maximum atomic E-state index is 10.3. The van der Waals surface area contributed by atoms with Crippen LogP contribution in [0.25, 0.3) is 0 Å². The second-order valence-corrected chi connectivity index (χ2v) is 3.67. The van der Waals surface area contributed by atoms with E-state index in [0.29, 0.717) is 6.54 Å². The summed E-state index contributed by atoms with van der Waals surface area (Å²) in [6.07, 6.45) is 0. The molecule has 0 bridgehead atoms. The largest absolute Gasteiger partial charge is 0.324 e. The molecule has 1 heterocycles.